The van der Waals surface area contributed by atoms with Crippen molar-refractivity contribution < 1.29 is 28.6 Å². The van der Waals surface area contributed by atoms with Gasteiger partial charge in [0.2, 0.25) is 5.91 Å². The number of rotatable bonds is 13. The number of esters is 2. The highest BCUT2D eigenvalue weighted by atomic mass is 32.2. The fourth-order valence-corrected chi connectivity index (χ4v) is 5.36. The molecule has 0 radical (unpaired) electrons. The number of anilines is 1. The molecule has 2 aromatic heterocycles. The highest BCUT2D eigenvalue weighted by molar-refractivity contribution is 7.99. The summed E-state index contributed by atoms with van der Waals surface area (Å²) in [4.78, 5) is 38.1. The average molecular weight is 559 g/mol. The van der Waals surface area contributed by atoms with Gasteiger partial charge in [0.05, 0.1) is 24.5 Å². The molecule has 0 fully saturated rings. The van der Waals surface area contributed by atoms with E-state index in [-0.39, 0.29) is 40.3 Å². The van der Waals surface area contributed by atoms with E-state index in [1.165, 1.54) is 11.8 Å². The quantitative estimate of drug-likeness (QED) is 0.174. The van der Waals surface area contributed by atoms with Gasteiger partial charge in [-0.15, -0.1) is 28.1 Å². The summed E-state index contributed by atoms with van der Waals surface area (Å²) >= 11 is 2.16. The van der Waals surface area contributed by atoms with Gasteiger partial charge in [-0.1, -0.05) is 36.0 Å². The third kappa shape index (κ3) is 7.01. The van der Waals surface area contributed by atoms with E-state index in [1.54, 1.807) is 26.8 Å². The highest BCUT2D eigenvalue weighted by Gasteiger charge is 2.27. The molecule has 1 amide bonds. The maximum atomic E-state index is 12.9. The van der Waals surface area contributed by atoms with Crippen molar-refractivity contribution in [2.45, 2.75) is 45.5 Å². The molecule has 2 heterocycles. The number of thioether (sulfide) groups is 1. The minimum Gasteiger partial charge on any atom is -0.483 e. The van der Waals surface area contributed by atoms with Crippen LogP contribution in [0.5, 0.6) is 5.75 Å². The molecule has 202 valence electrons. The van der Waals surface area contributed by atoms with Gasteiger partial charge in [-0.05, 0) is 45.4 Å². The SMILES string of the molecule is C=CCn1c(SCC(=O)Nc2sc(C(=O)OCC)c(C)c2C(=O)OCC)nnc1C(C)Oc1ccccc1. The lowest BCUT2D eigenvalue weighted by atomic mass is 10.1. The molecule has 0 aliphatic carbocycles. The molecule has 0 spiro atoms. The van der Waals surface area contributed by atoms with Gasteiger partial charge in [0.1, 0.15) is 15.6 Å². The summed E-state index contributed by atoms with van der Waals surface area (Å²) in [7, 11) is 0. The van der Waals surface area contributed by atoms with E-state index >= 15 is 0 Å². The second-order valence-corrected chi connectivity index (χ2v) is 9.81. The summed E-state index contributed by atoms with van der Waals surface area (Å²) in [5.41, 5.74) is 0.542. The molecule has 1 atom stereocenters. The minimum absolute atomic E-state index is 0.0167. The van der Waals surface area contributed by atoms with Crippen LogP contribution in [0.2, 0.25) is 0 Å². The maximum Gasteiger partial charge on any atom is 0.348 e. The van der Waals surface area contributed by atoms with Gasteiger partial charge in [0, 0.05) is 6.54 Å². The number of carbonyl (C=O) groups excluding carboxylic acids is 3. The van der Waals surface area contributed by atoms with Crippen molar-refractivity contribution in [1.29, 1.82) is 0 Å². The minimum atomic E-state index is -0.623. The molecular weight excluding hydrogens is 528 g/mol. The molecule has 12 heteroatoms. The average Bonchev–Trinajstić information content (AvgIpc) is 3.44. The third-order valence-electron chi connectivity index (χ3n) is 5.15. The number of para-hydroxylation sites is 1. The summed E-state index contributed by atoms with van der Waals surface area (Å²) in [6, 6.07) is 9.38. The van der Waals surface area contributed by atoms with Crippen molar-refractivity contribution >= 4 is 45.9 Å². The van der Waals surface area contributed by atoms with Gasteiger partial charge >= 0.3 is 11.9 Å². The molecule has 0 saturated carbocycles. The topological polar surface area (TPSA) is 122 Å². The Morgan fingerprint density at radius 3 is 2.47 bits per heavy atom. The van der Waals surface area contributed by atoms with Crippen LogP contribution in [0, 0.1) is 6.92 Å². The zero-order chi connectivity index (χ0) is 27.7. The highest BCUT2D eigenvalue weighted by Crippen LogP contribution is 2.34. The number of benzene rings is 1. The number of hydrogen-bond acceptors (Lipinski definition) is 10. The first kappa shape index (κ1) is 28.9. The van der Waals surface area contributed by atoms with E-state index in [0.717, 1.165) is 11.3 Å². The van der Waals surface area contributed by atoms with Crippen LogP contribution in [0.3, 0.4) is 0 Å². The number of ether oxygens (including phenoxy) is 3. The Hall–Kier alpha value is -3.64. The Bertz CT molecular complexity index is 1290. The lowest BCUT2D eigenvalue weighted by Crippen LogP contribution is -2.17. The summed E-state index contributed by atoms with van der Waals surface area (Å²) in [5, 5.41) is 12.0. The van der Waals surface area contributed by atoms with Crippen LogP contribution in [0.25, 0.3) is 0 Å². The first-order valence-electron chi connectivity index (χ1n) is 12.0. The number of nitrogens with zero attached hydrogens (tertiary/aromatic N) is 3. The monoisotopic (exact) mass is 558 g/mol. The largest absolute Gasteiger partial charge is 0.483 e. The van der Waals surface area contributed by atoms with E-state index in [1.807, 2.05) is 41.8 Å². The first-order chi connectivity index (χ1) is 18.3. The fraction of sp³-hybridized carbons (Fsp3) is 0.346. The third-order valence-corrected chi connectivity index (χ3v) is 7.30. The lowest BCUT2D eigenvalue weighted by molar-refractivity contribution is -0.113. The van der Waals surface area contributed by atoms with Crippen LogP contribution >= 0.6 is 23.1 Å². The van der Waals surface area contributed by atoms with Crippen LogP contribution in [0.15, 0.2) is 48.1 Å². The van der Waals surface area contributed by atoms with Crippen molar-refractivity contribution in [3.63, 3.8) is 0 Å². The Morgan fingerprint density at radius 1 is 1.13 bits per heavy atom. The fourth-order valence-electron chi connectivity index (χ4n) is 3.50. The van der Waals surface area contributed by atoms with Crippen LogP contribution in [0.1, 0.15) is 58.3 Å². The standard InChI is InChI=1S/C26H30N4O6S2/c1-6-14-30-22(17(5)36-18-12-10-9-11-13-18)28-29-26(30)37-15-19(31)27-23-20(24(32)34-7-2)16(4)21(38-23)25(33)35-8-3/h6,9-13,17H,1,7-8,14-15H2,2-5H3,(H,27,31). The summed E-state index contributed by atoms with van der Waals surface area (Å²) in [6.07, 6.45) is 1.32. The summed E-state index contributed by atoms with van der Waals surface area (Å²) in [5.74, 6) is -0.297. The number of nitrogens with one attached hydrogen (secondary N) is 1. The number of allylic oxidation sites excluding steroid dienone is 1. The second kappa shape index (κ2) is 13.8. The van der Waals surface area contributed by atoms with Crippen LogP contribution in [-0.2, 0) is 20.8 Å². The van der Waals surface area contributed by atoms with Gasteiger partial charge in [-0.2, -0.15) is 0 Å². The first-order valence-corrected chi connectivity index (χ1v) is 13.8. The predicted octanol–water partition coefficient (Wildman–Crippen LogP) is 5.06. The van der Waals surface area contributed by atoms with E-state index in [2.05, 4.69) is 22.1 Å². The van der Waals surface area contributed by atoms with Gasteiger partial charge in [-0.3, -0.25) is 9.36 Å². The Labute approximate surface area is 229 Å². The lowest BCUT2D eigenvalue weighted by Gasteiger charge is -2.15. The molecule has 0 aliphatic heterocycles. The number of aromatic nitrogens is 3. The Morgan fingerprint density at radius 2 is 1.82 bits per heavy atom. The molecule has 3 rings (SSSR count). The molecule has 1 N–H and O–H groups in total. The number of thiophene rings is 1. The molecule has 0 bridgehead atoms. The molecule has 1 aromatic carbocycles. The normalized spacial score (nSPS) is 11.5. The molecule has 0 aliphatic rings. The Kier molecular flexibility index (Phi) is 10.5. The molecule has 10 nitrogen and oxygen atoms in total. The molecule has 3 aromatic rings. The Balaban J connectivity index is 1.75. The van der Waals surface area contributed by atoms with E-state index in [9.17, 15) is 14.4 Å². The molecular formula is C26H30N4O6S2. The van der Waals surface area contributed by atoms with Crippen LogP contribution in [-0.4, -0.2) is 51.6 Å². The number of hydrogen-bond donors (Lipinski definition) is 1. The maximum absolute atomic E-state index is 12.9. The van der Waals surface area contributed by atoms with E-state index in [4.69, 9.17) is 14.2 Å². The van der Waals surface area contributed by atoms with Gasteiger partial charge < -0.3 is 19.5 Å². The van der Waals surface area contributed by atoms with Gasteiger partial charge in [0.25, 0.3) is 0 Å². The summed E-state index contributed by atoms with van der Waals surface area (Å²) in [6.45, 7) is 11.4. The van der Waals surface area contributed by atoms with Crippen molar-refractivity contribution in [2.24, 2.45) is 0 Å². The predicted molar refractivity (Wildman–Crippen MR) is 146 cm³/mol. The van der Waals surface area contributed by atoms with E-state index in [0.29, 0.717) is 28.8 Å². The van der Waals surface area contributed by atoms with Crippen molar-refractivity contribution in [2.75, 3.05) is 24.3 Å². The number of carbonyl (C=O) groups is 3. The van der Waals surface area contributed by atoms with Crippen molar-refractivity contribution in [3.8, 4) is 5.75 Å². The molecule has 0 saturated heterocycles. The second-order valence-electron chi connectivity index (χ2n) is 7.85. The summed E-state index contributed by atoms with van der Waals surface area (Å²) < 4.78 is 18.0. The zero-order valence-electron chi connectivity index (χ0n) is 21.7. The van der Waals surface area contributed by atoms with Gasteiger partial charge in [-0.25, -0.2) is 9.59 Å². The molecule has 1 unspecified atom stereocenters. The van der Waals surface area contributed by atoms with Crippen molar-refractivity contribution in [1.82, 2.24) is 14.8 Å². The van der Waals surface area contributed by atoms with Crippen molar-refractivity contribution in [3.05, 3.63) is 64.8 Å². The zero-order valence-corrected chi connectivity index (χ0v) is 23.3. The van der Waals surface area contributed by atoms with Gasteiger partial charge in [0.15, 0.2) is 17.1 Å². The molecule has 38 heavy (non-hydrogen) atoms. The van der Waals surface area contributed by atoms with E-state index < -0.39 is 18.0 Å². The van der Waals surface area contributed by atoms with Crippen LogP contribution < -0.4 is 10.1 Å². The number of amides is 1. The smallest absolute Gasteiger partial charge is 0.348 e. The van der Waals surface area contributed by atoms with Crippen LogP contribution in [0.4, 0.5) is 5.00 Å².